The van der Waals surface area contributed by atoms with Crippen LogP contribution in [-0.2, 0) is 6.18 Å². The molecule has 0 saturated carbocycles. The van der Waals surface area contributed by atoms with E-state index in [1.165, 1.54) is 6.07 Å². The molecule has 0 bridgehead atoms. The van der Waals surface area contributed by atoms with Crippen molar-refractivity contribution in [2.75, 3.05) is 11.1 Å². The van der Waals surface area contributed by atoms with E-state index >= 15 is 0 Å². The van der Waals surface area contributed by atoms with Crippen LogP contribution >= 0.6 is 0 Å². The van der Waals surface area contributed by atoms with Gasteiger partial charge in [-0.3, -0.25) is 0 Å². The van der Waals surface area contributed by atoms with Crippen molar-refractivity contribution in [1.29, 1.82) is 0 Å². The van der Waals surface area contributed by atoms with Gasteiger partial charge in [-0.25, -0.2) is 9.97 Å². The lowest BCUT2D eigenvalue weighted by molar-refractivity contribution is -0.144. The minimum Gasteiger partial charge on any atom is -0.384 e. The Bertz CT molecular complexity index is 416. The van der Waals surface area contributed by atoms with Gasteiger partial charge in [0.25, 0.3) is 0 Å². The largest absolute Gasteiger partial charge is 0.451 e. The van der Waals surface area contributed by atoms with E-state index in [1.807, 2.05) is 20.8 Å². The standard InChI is InChI=1S/C12H19F3N4/c1-4-8(5-2)7(3)17-10-6-9(16)18-11(19-10)12(13,14)15/h6-8H,4-5H2,1-3H3,(H3,16,17,18,19). The van der Waals surface area contributed by atoms with Crippen LogP contribution in [0.15, 0.2) is 6.07 Å². The lowest BCUT2D eigenvalue weighted by Gasteiger charge is -2.23. The van der Waals surface area contributed by atoms with Gasteiger partial charge in [-0.2, -0.15) is 13.2 Å². The smallest absolute Gasteiger partial charge is 0.384 e. The zero-order valence-electron chi connectivity index (χ0n) is 11.3. The van der Waals surface area contributed by atoms with Crippen molar-refractivity contribution < 1.29 is 13.2 Å². The molecule has 0 aliphatic heterocycles. The summed E-state index contributed by atoms with van der Waals surface area (Å²) in [5.74, 6) is -0.932. The number of hydrogen-bond acceptors (Lipinski definition) is 4. The molecule has 1 unspecified atom stereocenters. The number of nitrogens with one attached hydrogen (secondary N) is 1. The fourth-order valence-electron chi connectivity index (χ4n) is 2.01. The van der Waals surface area contributed by atoms with Crippen molar-refractivity contribution in [2.24, 2.45) is 5.92 Å². The molecule has 0 spiro atoms. The summed E-state index contributed by atoms with van der Waals surface area (Å²) in [4.78, 5) is 6.67. The maximum absolute atomic E-state index is 12.6. The summed E-state index contributed by atoms with van der Waals surface area (Å²) in [6, 6.07) is 1.33. The van der Waals surface area contributed by atoms with Gasteiger partial charge in [0.05, 0.1) is 0 Å². The average Bonchev–Trinajstić information content (AvgIpc) is 2.28. The summed E-state index contributed by atoms with van der Waals surface area (Å²) in [6.07, 6.45) is -2.71. The number of anilines is 2. The number of halogens is 3. The van der Waals surface area contributed by atoms with Gasteiger partial charge in [-0.1, -0.05) is 26.7 Å². The summed E-state index contributed by atoms with van der Waals surface area (Å²) in [7, 11) is 0. The topological polar surface area (TPSA) is 63.8 Å². The summed E-state index contributed by atoms with van der Waals surface area (Å²) in [5, 5.41) is 2.97. The molecule has 7 heteroatoms. The van der Waals surface area contributed by atoms with Crippen LogP contribution in [0.25, 0.3) is 0 Å². The Hall–Kier alpha value is -1.53. The molecule has 4 nitrogen and oxygen atoms in total. The van der Waals surface area contributed by atoms with Gasteiger partial charge in [-0.15, -0.1) is 0 Å². The number of nitrogens with two attached hydrogens (primary N) is 1. The molecule has 0 aliphatic carbocycles. The normalized spacial score (nSPS) is 13.6. The quantitative estimate of drug-likeness (QED) is 0.866. The molecule has 0 aliphatic rings. The van der Waals surface area contributed by atoms with Gasteiger partial charge in [0.15, 0.2) is 0 Å². The van der Waals surface area contributed by atoms with Crippen LogP contribution in [0.3, 0.4) is 0 Å². The molecule has 0 fully saturated rings. The van der Waals surface area contributed by atoms with Gasteiger partial charge in [-0.05, 0) is 12.8 Å². The minimum atomic E-state index is -4.59. The minimum absolute atomic E-state index is 0.0189. The Kier molecular flexibility index (Phi) is 4.97. The first kappa shape index (κ1) is 15.5. The Morgan fingerprint density at radius 1 is 1.26 bits per heavy atom. The first-order valence-electron chi connectivity index (χ1n) is 6.26. The molecule has 0 aromatic carbocycles. The average molecular weight is 276 g/mol. The molecule has 3 N–H and O–H groups in total. The van der Waals surface area contributed by atoms with Crippen LogP contribution in [0.4, 0.5) is 24.8 Å². The summed E-state index contributed by atoms with van der Waals surface area (Å²) in [6.45, 7) is 6.01. The molecule has 1 aromatic rings. The Labute approximate surface area is 110 Å². The summed E-state index contributed by atoms with van der Waals surface area (Å²) in [5.41, 5.74) is 5.38. The number of alkyl halides is 3. The Morgan fingerprint density at radius 3 is 2.32 bits per heavy atom. The third-order valence-electron chi connectivity index (χ3n) is 3.13. The zero-order valence-corrected chi connectivity index (χ0v) is 11.3. The van der Waals surface area contributed by atoms with Crippen molar-refractivity contribution in [3.63, 3.8) is 0 Å². The van der Waals surface area contributed by atoms with Gasteiger partial charge in [0, 0.05) is 12.1 Å². The van der Waals surface area contributed by atoms with E-state index in [4.69, 9.17) is 5.73 Å². The first-order valence-corrected chi connectivity index (χ1v) is 6.26. The molecule has 1 aromatic heterocycles. The van der Waals surface area contributed by atoms with Crippen LogP contribution in [0.2, 0.25) is 0 Å². The molecule has 0 amide bonds. The van der Waals surface area contributed by atoms with Gasteiger partial charge in [0.1, 0.15) is 11.6 Å². The number of hydrogen-bond donors (Lipinski definition) is 2. The predicted octanol–water partition coefficient (Wildman–Crippen LogP) is 3.31. The number of nitrogen functional groups attached to an aromatic ring is 1. The summed E-state index contributed by atoms with van der Waals surface area (Å²) < 4.78 is 37.7. The summed E-state index contributed by atoms with van der Waals surface area (Å²) >= 11 is 0. The molecule has 108 valence electrons. The molecule has 0 saturated heterocycles. The fourth-order valence-corrected chi connectivity index (χ4v) is 2.01. The molecule has 1 rings (SSSR count). The van der Waals surface area contributed by atoms with E-state index in [9.17, 15) is 13.2 Å². The highest BCUT2D eigenvalue weighted by molar-refractivity contribution is 5.45. The third-order valence-corrected chi connectivity index (χ3v) is 3.13. The highest BCUT2D eigenvalue weighted by Crippen LogP contribution is 2.28. The lowest BCUT2D eigenvalue weighted by Crippen LogP contribution is -2.26. The van der Waals surface area contributed by atoms with E-state index in [0.717, 1.165) is 12.8 Å². The number of aromatic nitrogens is 2. The molecule has 1 heterocycles. The fraction of sp³-hybridized carbons (Fsp3) is 0.667. The van der Waals surface area contributed by atoms with Crippen LogP contribution in [-0.4, -0.2) is 16.0 Å². The van der Waals surface area contributed by atoms with Crippen LogP contribution in [0, 0.1) is 5.92 Å². The molecular weight excluding hydrogens is 257 g/mol. The Morgan fingerprint density at radius 2 is 1.84 bits per heavy atom. The van der Waals surface area contributed by atoms with Crippen molar-refractivity contribution in [3.8, 4) is 0 Å². The predicted molar refractivity (Wildman–Crippen MR) is 68.6 cm³/mol. The second kappa shape index (κ2) is 6.08. The van der Waals surface area contributed by atoms with Crippen molar-refractivity contribution in [1.82, 2.24) is 9.97 Å². The molecule has 0 radical (unpaired) electrons. The number of rotatable bonds is 5. The van der Waals surface area contributed by atoms with Crippen molar-refractivity contribution in [2.45, 2.75) is 45.8 Å². The van der Waals surface area contributed by atoms with Crippen LogP contribution in [0.5, 0.6) is 0 Å². The van der Waals surface area contributed by atoms with E-state index < -0.39 is 12.0 Å². The van der Waals surface area contributed by atoms with Crippen LogP contribution in [0.1, 0.15) is 39.4 Å². The van der Waals surface area contributed by atoms with Crippen LogP contribution < -0.4 is 11.1 Å². The zero-order chi connectivity index (χ0) is 14.6. The van der Waals surface area contributed by atoms with Gasteiger partial charge in [0.2, 0.25) is 5.82 Å². The SMILES string of the molecule is CCC(CC)C(C)Nc1cc(N)nc(C(F)(F)F)n1. The van der Waals surface area contributed by atoms with Crippen molar-refractivity contribution in [3.05, 3.63) is 11.9 Å². The van der Waals surface area contributed by atoms with E-state index in [0.29, 0.717) is 5.92 Å². The third kappa shape index (κ3) is 4.25. The van der Waals surface area contributed by atoms with Gasteiger partial charge < -0.3 is 11.1 Å². The monoisotopic (exact) mass is 276 g/mol. The second-order valence-electron chi connectivity index (χ2n) is 4.51. The number of nitrogens with zero attached hydrogens (tertiary/aromatic N) is 2. The first-order chi connectivity index (χ1) is 8.77. The molecular formula is C12H19F3N4. The highest BCUT2D eigenvalue weighted by atomic mass is 19.4. The van der Waals surface area contributed by atoms with E-state index in [-0.39, 0.29) is 17.7 Å². The Balaban J connectivity index is 2.93. The lowest BCUT2D eigenvalue weighted by atomic mass is 9.95. The second-order valence-corrected chi connectivity index (χ2v) is 4.51. The van der Waals surface area contributed by atoms with Crippen molar-refractivity contribution >= 4 is 11.6 Å². The highest BCUT2D eigenvalue weighted by Gasteiger charge is 2.35. The molecule has 1 atom stereocenters. The molecule has 19 heavy (non-hydrogen) atoms. The maximum Gasteiger partial charge on any atom is 0.451 e. The maximum atomic E-state index is 12.6. The van der Waals surface area contributed by atoms with E-state index in [1.54, 1.807) is 0 Å². The van der Waals surface area contributed by atoms with Gasteiger partial charge >= 0.3 is 6.18 Å². The van der Waals surface area contributed by atoms with E-state index in [2.05, 4.69) is 15.3 Å².